The van der Waals surface area contributed by atoms with Gasteiger partial charge in [-0.3, -0.25) is 0 Å². The van der Waals surface area contributed by atoms with Crippen LogP contribution in [0.4, 0.5) is 5.82 Å². The Balaban J connectivity index is 1.53. The number of aromatic nitrogens is 3. The number of carbonyl (C=O) groups excluding carboxylic acids is 1. The second-order valence-electron chi connectivity index (χ2n) is 6.57. The lowest BCUT2D eigenvalue weighted by molar-refractivity contribution is 0.00623. The summed E-state index contributed by atoms with van der Waals surface area (Å²) in [5.74, 6) is 0.859. The molecular weight excluding hydrogens is 308 g/mol. The summed E-state index contributed by atoms with van der Waals surface area (Å²) in [6, 6.07) is 5.57. The van der Waals surface area contributed by atoms with E-state index in [9.17, 15) is 4.79 Å². The zero-order valence-electron chi connectivity index (χ0n) is 14.0. The van der Waals surface area contributed by atoms with Gasteiger partial charge in [-0.05, 0) is 26.8 Å². The number of nitrogens with zero attached hydrogens (tertiary/aromatic N) is 4. The fourth-order valence-electron chi connectivity index (χ4n) is 2.21. The van der Waals surface area contributed by atoms with E-state index < -0.39 is 11.6 Å². The van der Waals surface area contributed by atoms with Crippen molar-refractivity contribution in [2.24, 2.45) is 0 Å². The number of hydrogen-bond donors (Lipinski definition) is 0. The van der Waals surface area contributed by atoms with Crippen molar-refractivity contribution in [1.82, 2.24) is 15.0 Å². The van der Waals surface area contributed by atoms with Crippen LogP contribution in [0.3, 0.4) is 0 Å². The molecule has 0 spiro atoms. The standard InChI is InChI=1S/C17H20N4O3/c1-17(2,3)24-16(22)13-8-20-14(9-19-13)21-10-12(11-21)23-15-6-4-5-7-18-15/h4-9,12H,10-11H2,1-3H3. The van der Waals surface area contributed by atoms with Gasteiger partial charge in [-0.25, -0.2) is 19.7 Å². The average Bonchev–Trinajstić information content (AvgIpc) is 2.50. The molecule has 1 fully saturated rings. The van der Waals surface area contributed by atoms with Crippen LogP contribution in [0.1, 0.15) is 31.3 Å². The van der Waals surface area contributed by atoms with Gasteiger partial charge in [0.1, 0.15) is 17.5 Å². The topological polar surface area (TPSA) is 77.4 Å². The maximum absolute atomic E-state index is 11.9. The predicted octanol–water partition coefficient (Wildman–Crippen LogP) is 2.09. The van der Waals surface area contributed by atoms with Gasteiger partial charge in [-0.1, -0.05) is 6.07 Å². The minimum absolute atomic E-state index is 0.0761. The van der Waals surface area contributed by atoms with E-state index >= 15 is 0 Å². The summed E-state index contributed by atoms with van der Waals surface area (Å²) < 4.78 is 11.0. The Labute approximate surface area is 140 Å². The van der Waals surface area contributed by atoms with E-state index in [2.05, 4.69) is 15.0 Å². The van der Waals surface area contributed by atoms with Gasteiger partial charge in [0.25, 0.3) is 0 Å². The first-order chi connectivity index (χ1) is 11.4. The first kappa shape index (κ1) is 16.2. The molecule has 7 heteroatoms. The minimum Gasteiger partial charge on any atom is -0.471 e. The highest BCUT2D eigenvalue weighted by atomic mass is 16.6. The Bertz CT molecular complexity index is 692. The monoisotopic (exact) mass is 328 g/mol. The summed E-state index contributed by atoms with van der Waals surface area (Å²) in [6.45, 7) is 6.85. The molecule has 0 aromatic carbocycles. The van der Waals surface area contributed by atoms with Crippen LogP contribution in [-0.4, -0.2) is 45.7 Å². The van der Waals surface area contributed by atoms with Gasteiger partial charge < -0.3 is 14.4 Å². The molecule has 7 nitrogen and oxygen atoms in total. The quantitative estimate of drug-likeness (QED) is 0.795. The Morgan fingerprint density at radius 1 is 1.17 bits per heavy atom. The molecule has 2 aromatic rings. The third-order valence-corrected chi connectivity index (χ3v) is 3.34. The van der Waals surface area contributed by atoms with Crippen LogP contribution in [0.15, 0.2) is 36.8 Å². The first-order valence-corrected chi connectivity index (χ1v) is 7.79. The smallest absolute Gasteiger partial charge is 0.359 e. The molecule has 126 valence electrons. The maximum Gasteiger partial charge on any atom is 0.359 e. The van der Waals surface area contributed by atoms with Crippen LogP contribution in [0, 0.1) is 0 Å². The van der Waals surface area contributed by atoms with Crippen molar-refractivity contribution < 1.29 is 14.3 Å². The summed E-state index contributed by atoms with van der Waals surface area (Å²) in [5.41, 5.74) is -0.347. The molecule has 1 aliphatic rings. The average molecular weight is 328 g/mol. The van der Waals surface area contributed by atoms with Gasteiger partial charge in [-0.15, -0.1) is 0 Å². The molecule has 0 radical (unpaired) electrons. The van der Waals surface area contributed by atoms with Crippen molar-refractivity contribution in [2.45, 2.75) is 32.5 Å². The zero-order valence-corrected chi connectivity index (χ0v) is 14.0. The molecule has 1 aliphatic heterocycles. The number of hydrogen-bond acceptors (Lipinski definition) is 7. The summed E-state index contributed by atoms with van der Waals surface area (Å²) >= 11 is 0. The second-order valence-corrected chi connectivity index (χ2v) is 6.57. The van der Waals surface area contributed by atoms with Crippen LogP contribution >= 0.6 is 0 Å². The van der Waals surface area contributed by atoms with Gasteiger partial charge in [0.2, 0.25) is 5.88 Å². The SMILES string of the molecule is CC(C)(C)OC(=O)c1cnc(N2CC(Oc3ccccn3)C2)cn1. The van der Waals surface area contributed by atoms with Crippen LogP contribution in [-0.2, 0) is 4.74 Å². The summed E-state index contributed by atoms with van der Waals surface area (Å²) in [4.78, 5) is 26.5. The number of rotatable bonds is 4. The van der Waals surface area contributed by atoms with Crippen LogP contribution in [0.25, 0.3) is 0 Å². The normalized spacial score (nSPS) is 14.9. The highest BCUT2D eigenvalue weighted by Gasteiger charge is 2.30. The second kappa shape index (κ2) is 6.43. The van der Waals surface area contributed by atoms with Crippen molar-refractivity contribution in [3.63, 3.8) is 0 Å². The van der Waals surface area contributed by atoms with E-state index in [0.29, 0.717) is 24.8 Å². The maximum atomic E-state index is 11.9. The molecule has 1 saturated heterocycles. The van der Waals surface area contributed by atoms with Crippen LogP contribution < -0.4 is 9.64 Å². The molecule has 0 N–H and O–H groups in total. The number of carbonyl (C=O) groups is 1. The number of anilines is 1. The van der Waals surface area contributed by atoms with Crippen molar-refractivity contribution in [1.29, 1.82) is 0 Å². The van der Waals surface area contributed by atoms with E-state index in [1.54, 1.807) is 12.4 Å². The van der Waals surface area contributed by atoms with E-state index in [0.717, 1.165) is 0 Å². The van der Waals surface area contributed by atoms with Crippen molar-refractivity contribution in [3.05, 3.63) is 42.5 Å². The number of pyridine rings is 1. The van der Waals surface area contributed by atoms with E-state index in [1.165, 1.54) is 6.20 Å². The lowest BCUT2D eigenvalue weighted by Crippen LogP contribution is -2.54. The first-order valence-electron chi connectivity index (χ1n) is 7.79. The molecule has 3 heterocycles. The number of esters is 1. The van der Waals surface area contributed by atoms with E-state index in [1.807, 2.05) is 43.9 Å². The Kier molecular flexibility index (Phi) is 4.33. The zero-order chi connectivity index (χ0) is 17.2. The Morgan fingerprint density at radius 2 is 1.96 bits per heavy atom. The van der Waals surface area contributed by atoms with Gasteiger partial charge >= 0.3 is 5.97 Å². The van der Waals surface area contributed by atoms with Crippen molar-refractivity contribution >= 4 is 11.8 Å². The van der Waals surface area contributed by atoms with Gasteiger partial charge in [0, 0.05) is 12.3 Å². The minimum atomic E-state index is -0.551. The van der Waals surface area contributed by atoms with E-state index in [4.69, 9.17) is 9.47 Å². The molecule has 0 amide bonds. The third-order valence-electron chi connectivity index (χ3n) is 3.34. The van der Waals surface area contributed by atoms with Crippen molar-refractivity contribution in [2.75, 3.05) is 18.0 Å². The van der Waals surface area contributed by atoms with Gasteiger partial charge in [0.15, 0.2) is 5.69 Å². The molecule has 0 saturated carbocycles. The Morgan fingerprint density at radius 3 is 2.54 bits per heavy atom. The molecule has 0 atom stereocenters. The number of ether oxygens (including phenoxy) is 2. The summed E-state index contributed by atoms with van der Waals surface area (Å²) in [5, 5.41) is 0. The lowest BCUT2D eigenvalue weighted by Gasteiger charge is -2.39. The lowest BCUT2D eigenvalue weighted by atomic mass is 10.1. The van der Waals surface area contributed by atoms with Gasteiger partial charge in [-0.2, -0.15) is 0 Å². The summed E-state index contributed by atoms with van der Waals surface area (Å²) in [6.07, 6.45) is 4.80. The van der Waals surface area contributed by atoms with Crippen LogP contribution in [0.2, 0.25) is 0 Å². The van der Waals surface area contributed by atoms with Crippen LogP contribution in [0.5, 0.6) is 5.88 Å². The third kappa shape index (κ3) is 3.98. The molecule has 0 aliphatic carbocycles. The molecule has 0 unspecified atom stereocenters. The fraction of sp³-hybridized carbons (Fsp3) is 0.412. The highest BCUT2D eigenvalue weighted by Crippen LogP contribution is 2.21. The molecular formula is C17H20N4O3. The summed E-state index contributed by atoms with van der Waals surface area (Å²) in [7, 11) is 0. The highest BCUT2D eigenvalue weighted by molar-refractivity contribution is 5.87. The molecule has 2 aromatic heterocycles. The van der Waals surface area contributed by atoms with Crippen molar-refractivity contribution in [3.8, 4) is 5.88 Å². The fourth-order valence-corrected chi connectivity index (χ4v) is 2.21. The predicted molar refractivity (Wildman–Crippen MR) is 88.1 cm³/mol. The van der Waals surface area contributed by atoms with E-state index in [-0.39, 0.29) is 11.8 Å². The van der Waals surface area contributed by atoms with Gasteiger partial charge in [0.05, 0.1) is 25.5 Å². The molecule has 24 heavy (non-hydrogen) atoms. The Hall–Kier alpha value is -2.70. The molecule has 3 rings (SSSR count). The molecule has 0 bridgehead atoms. The largest absolute Gasteiger partial charge is 0.471 e.